The van der Waals surface area contributed by atoms with Gasteiger partial charge in [0.2, 0.25) is 0 Å². The van der Waals surface area contributed by atoms with E-state index in [2.05, 4.69) is 39.1 Å². The lowest BCUT2D eigenvalue weighted by Crippen LogP contribution is -2.07. The first kappa shape index (κ1) is 11.1. The van der Waals surface area contributed by atoms with Gasteiger partial charge in [-0.15, -0.1) is 6.58 Å². The maximum absolute atomic E-state index is 4.08. The molecule has 0 fully saturated rings. The fourth-order valence-electron chi connectivity index (χ4n) is 0.876. The number of hydrogen-bond acceptors (Lipinski definition) is 1. The Morgan fingerprint density at radius 3 is 2.36 bits per heavy atom. The lowest BCUT2D eigenvalue weighted by molar-refractivity contribution is 0.617. The number of hydrogen-bond donors (Lipinski definition) is 0. The van der Waals surface area contributed by atoms with Crippen LogP contribution in [0.25, 0.3) is 0 Å². The van der Waals surface area contributed by atoms with Crippen LogP contribution in [-0.4, -0.2) is 0 Å². The molecule has 0 atom stereocenters. The van der Waals surface area contributed by atoms with E-state index in [0.717, 1.165) is 4.91 Å². The minimum absolute atomic E-state index is 0.0134. The van der Waals surface area contributed by atoms with Crippen LogP contribution in [0.3, 0.4) is 0 Å². The molecule has 0 amide bonds. The Kier molecular flexibility index (Phi) is 3.59. The molecular formula is C13H16S. The molecule has 0 bridgehead atoms. The fourth-order valence-corrected chi connectivity index (χ4v) is 1.80. The first-order chi connectivity index (χ1) is 6.56. The highest BCUT2D eigenvalue weighted by Gasteiger charge is 2.17. The van der Waals surface area contributed by atoms with Crippen molar-refractivity contribution in [3.05, 3.63) is 54.5 Å². The molecule has 0 spiro atoms. The molecule has 0 unspecified atom stereocenters. The predicted molar refractivity (Wildman–Crippen MR) is 65.4 cm³/mol. The Labute approximate surface area is 90.7 Å². The quantitative estimate of drug-likeness (QED) is 0.514. The maximum Gasteiger partial charge on any atom is 0.0130 e. The predicted octanol–water partition coefficient (Wildman–Crippen LogP) is 4.50. The van der Waals surface area contributed by atoms with Crippen LogP contribution < -0.4 is 0 Å². The van der Waals surface area contributed by atoms with E-state index in [1.165, 1.54) is 4.90 Å². The van der Waals surface area contributed by atoms with Crippen LogP contribution in [-0.2, 0) is 0 Å². The molecule has 14 heavy (non-hydrogen) atoms. The van der Waals surface area contributed by atoms with E-state index in [1.807, 2.05) is 24.3 Å². The van der Waals surface area contributed by atoms with Gasteiger partial charge in [0.25, 0.3) is 0 Å². The van der Waals surface area contributed by atoms with Crippen molar-refractivity contribution in [2.45, 2.75) is 18.7 Å². The van der Waals surface area contributed by atoms with Gasteiger partial charge in [-0.1, -0.05) is 56.5 Å². The SMILES string of the molecule is C=CC(C)(C)C(=C)Sc1ccccc1. The highest BCUT2D eigenvalue weighted by Crippen LogP contribution is 2.38. The van der Waals surface area contributed by atoms with Gasteiger partial charge >= 0.3 is 0 Å². The van der Waals surface area contributed by atoms with Gasteiger partial charge in [0.15, 0.2) is 0 Å². The molecule has 0 radical (unpaired) electrons. The van der Waals surface area contributed by atoms with Gasteiger partial charge in [0.05, 0.1) is 0 Å². The van der Waals surface area contributed by atoms with Crippen molar-refractivity contribution in [1.82, 2.24) is 0 Å². The van der Waals surface area contributed by atoms with Crippen LogP contribution in [0.1, 0.15) is 13.8 Å². The van der Waals surface area contributed by atoms with E-state index >= 15 is 0 Å². The van der Waals surface area contributed by atoms with Gasteiger partial charge in [-0.25, -0.2) is 0 Å². The molecule has 1 heteroatoms. The van der Waals surface area contributed by atoms with Gasteiger partial charge in [-0.2, -0.15) is 0 Å². The van der Waals surface area contributed by atoms with Crippen LogP contribution in [0.5, 0.6) is 0 Å². The summed E-state index contributed by atoms with van der Waals surface area (Å²) in [6, 6.07) is 10.3. The lowest BCUT2D eigenvalue weighted by atomic mass is 9.94. The number of allylic oxidation sites excluding steroid dienone is 2. The molecule has 74 valence electrons. The summed E-state index contributed by atoms with van der Waals surface area (Å²) in [4.78, 5) is 2.35. The summed E-state index contributed by atoms with van der Waals surface area (Å²) in [6.07, 6.45) is 1.94. The summed E-state index contributed by atoms with van der Waals surface area (Å²) >= 11 is 1.71. The van der Waals surface area contributed by atoms with Crippen LogP contribution in [0.4, 0.5) is 0 Å². The molecule has 0 nitrogen and oxygen atoms in total. The molecule has 0 heterocycles. The molecular weight excluding hydrogens is 188 g/mol. The number of benzene rings is 1. The second kappa shape index (κ2) is 4.52. The molecule has 0 N–H and O–H groups in total. The van der Waals surface area contributed by atoms with Crippen LogP contribution in [0, 0.1) is 5.41 Å². The van der Waals surface area contributed by atoms with E-state index in [-0.39, 0.29) is 5.41 Å². The molecule has 1 aromatic carbocycles. The highest BCUT2D eigenvalue weighted by atomic mass is 32.2. The zero-order chi connectivity index (χ0) is 10.6. The first-order valence-electron chi connectivity index (χ1n) is 4.62. The summed E-state index contributed by atoms with van der Waals surface area (Å²) in [7, 11) is 0. The van der Waals surface area contributed by atoms with Crippen LogP contribution in [0.15, 0.2) is 59.4 Å². The largest absolute Gasteiger partial charge is 0.102 e. The summed E-state index contributed by atoms with van der Waals surface area (Å²) in [5.74, 6) is 0. The first-order valence-corrected chi connectivity index (χ1v) is 5.44. The molecule has 1 rings (SSSR count). The number of thioether (sulfide) groups is 1. The zero-order valence-electron chi connectivity index (χ0n) is 8.79. The van der Waals surface area contributed by atoms with Crippen molar-refractivity contribution in [2.75, 3.05) is 0 Å². The third-order valence-corrected chi connectivity index (χ3v) is 3.49. The monoisotopic (exact) mass is 204 g/mol. The Morgan fingerprint density at radius 1 is 1.29 bits per heavy atom. The van der Waals surface area contributed by atoms with Crippen molar-refractivity contribution in [3.63, 3.8) is 0 Å². The van der Waals surface area contributed by atoms with Crippen LogP contribution >= 0.6 is 11.8 Å². The summed E-state index contributed by atoms with van der Waals surface area (Å²) in [5.41, 5.74) is -0.0134. The van der Waals surface area contributed by atoms with Crippen molar-refractivity contribution in [3.8, 4) is 0 Å². The maximum atomic E-state index is 4.08. The van der Waals surface area contributed by atoms with Gasteiger partial charge in [-0.05, 0) is 17.0 Å². The topological polar surface area (TPSA) is 0 Å². The van der Waals surface area contributed by atoms with Gasteiger partial charge < -0.3 is 0 Å². The Hall–Kier alpha value is -0.950. The Morgan fingerprint density at radius 2 is 1.86 bits per heavy atom. The average molecular weight is 204 g/mol. The molecule has 0 aliphatic carbocycles. The van der Waals surface area contributed by atoms with Crippen LogP contribution in [0.2, 0.25) is 0 Å². The molecule has 0 aromatic heterocycles. The minimum atomic E-state index is -0.0134. The summed E-state index contributed by atoms with van der Waals surface area (Å²) < 4.78 is 0. The van der Waals surface area contributed by atoms with E-state index in [9.17, 15) is 0 Å². The third-order valence-electron chi connectivity index (χ3n) is 2.21. The minimum Gasteiger partial charge on any atom is -0.102 e. The molecule has 0 saturated heterocycles. The highest BCUT2D eigenvalue weighted by molar-refractivity contribution is 8.03. The molecule has 0 saturated carbocycles. The van der Waals surface area contributed by atoms with Gasteiger partial charge in [0, 0.05) is 10.3 Å². The fraction of sp³-hybridized carbons (Fsp3) is 0.231. The summed E-state index contributed by atoms with van der Waals surface area (Å²) in [6.45, 7) is 12.2. The Balaban J connectivity index is 2.72. The zero-order valence-corrected chi connectivity index (χ0v) is 9.60. The second-order valence-electron chi connectivity index (χ2n) is 3.76. The average Bonchev–Trinajstić information content (AvgIpc) is 2.19. The van der Waals surface area contributed by atoms with E-state index in [0.29, 0.717) is 0 Å². The van der Waals surface area contributed by atoms with E-state index in [4.69, 9.17) is 0 Å². The van der Waals surface area contributed by atoms with Crippen molar-refractivity contribution < 1.29 is 0 Å². The second-order valence-corrected chi connectivity index (χ2v) is 4.93. The smallest absolute Gasteiger partial charge is 0.0130 e. The summed E-state index contributed by atoms with van der Waals surface area (Å²) in [5, 5.41) is 0. The van der Waals surface area contributed by atoms with E-state index < -0.39 is 0 Å². The Bertz CT molecular complexity index is 322. The van der Waals surface area contributed by atoms with Crippen molar-refractivity contribution >= 4 is 11.8 Å². The molecule has 0 aliphatic heterocycles. The van der Waals surface area contributed by atoms with Gasteiger partial charge in [0.1, 0.15) is 0 Å². The van der Waals surface area contributed by atoms with Gasteiger partial charge in [-0.3, -0.25) is 0 Å². The third kappa shape index (κ3) is 2.78. The van der Waals surface area contributed by atoms with Crippen molar-refractivity contribution in [1.29, 1.82) is 0 Å². The van der Waals surface area contributed by atoms with E-state index in [1.54, 1.807) is 11.8 Å². The lowest BCUT2D eigenvalue weighted by Gasteiger charge is -2.22. The molecule has 0 aliphatic rings. The van der Waals surface area contributed by atoms with Crippen molar-refractivity contribution in [2.24, 2.45) is 5.41 Å². The number of rotatable bonds is 4. The normalized spacial score (nSPS) is 11.0. The standard InChI is InChI=1S/C13H16S/c1-5-13(3,4)11(2)14-12-9-7-6-8-10-12/h5-10H,1-2H2,3-4H3. The molecule has 1 aromatic rings.